The van der Waals surface area contributed by atoms with Crippen molar-refractivity contribution in [1.29, 1.82) is 0 Å². The molecule has 3 unspecified atom stereocenters. The van der Waals surface area contributed by atoms with E-state index in [9.17, 15) is 9.90 Å². The van der Waals surface area contributed by atoms with Gasteiger partial charge in [0.15, 0.2) is 6.10 Å². The molecule has 128 valence electrons. The van der Waals surface area contributed by atoms with E-state index in [4.69, 9.17) is 4.74 Å². The first-order valence-corrected chi connectivity index (χ1v) is 8.53. The molecule has 0 spiro atoms. The van der Waals surface area contributed by atoms with E-state index >= 15 is 0 Å². The SMILES string of the molecule is Cc1cc(OC(C)C(=O)N2CCC(C(C)O)C2)ccc1C(C)C. The van der Waals surface area contributed by atoms with Crippen molar-refractivity contribution in [2.75, 3.05) is 13.1 Å². The Labute approximate surface area is 139 Å². The number of amides is 1. The Morgan fingerprint density at radius 2 is 2.00 bits per heavy atom. The molecule has 1 N–H and O–H groups in total. The highest BCUT2D eigenvalue weighted by molar-refractivity contribution is 5.81. The molecule has 1 amide bonds. The van der Waals surface area contributed by atoms with Crippen LogP contribution in [0.25, 0.3) is 0 Å². The van der Waals surface area contributed by atoms with Gasteiger partial charge in [0.2, 0.25) is 0 Å². The molecule has 4 heteroatoms. The fourth-order valence-corrected chi connectivity index (χ4v) is 3.26. The molecule has 1 heterocycles. The standard InChI is InChI=1S/C19H29NO3/c1-12(2)18-7-6-17(10-13(18)3)23-15(5)19(22)20-9-8-16(11-20)14(4)21/h6-7,10,12,14-16,21H,8-9,11H2,1-5H3. The molecule has 1 aromatic carbocycles. The molecule has 1 saturated heterocycles. The van der Waals surface area contributed by atoms with Crippen molar-refractivity contribution in [2.24, 2.45) is 5.92 Å². The van der Waals surface area contributed by atoms with E-state index in [1.54, 1.807) is 18.7 Å². The molecule has 4 nitrogen and oxygen atoms in total. The smallest absolute Gasteiger partial charge is 0.263 e. The molecule has 1 aliphatic rings. The molecular formula is C19H29NO3. The Bertz CT molecular complexity index is 554. The maximum Gasteiger partial charge on any atom is 0.263 e. The van der Waals surface area contributed by atoms with Gasteiger partial charge in [0.05, 0.1) is 6.10 Å². The summed E-state index contributed by atoms with van der Waals surface area (Å²) in [7, 11) is 0. The monoisotopic (exact) mass is 319 g/mol. The number of aryl methyl sites for hydroxylation is 1. The van der Waals surface area contributed by atoms with Gasteiger partial charge in [-0.15, -0.1) is 0 Å². The molecule has 0 radical (unpaired) electrons. The third-order valence-corrected chi connectivity index (χ3v) is 4.74. The number of benzene rings is 1. The van der Waals surface area contributed by atoms with Crippen molar-refractivity contribution in [2.45, 2.75) is 59.2 Å². The summed E-state index contributed by atoms with van der Waals surface area (Å²) >= 11 is 0. The lowest BCUT2D eigenvalue weighted by molar-refractivity contribution is -0.137. The highest BCUT2D eigenvalue weighted by Gasteiger charge is 2.31. The fraction of sp³-hybridized carbons (Fsp3) is 0.632. The molecule has 2 rings (SSSR count). The Morgan fingerprint density at radius 1 is 1.30 bits per heavy atom. The number of likely N-dealkylation sites (tertiary alicyclic amines) is 1. The van der Waals surface area contributed by atoms with Crippen LogP contribution < -0.4 is 4.74 Å². The summed E-state index contributed by atoms with van der Waals surface area (Å²) in [6.07, 6.45) is -0.0134. The second-order valence-electron chi connectivity index (χ2n) is 7.01. The molecule has 1 aliphatic heterocycles. The van der Waals surface area contributed by atoms with Crippen LogP contribution in [0.1, 0.15) is 51.2 Å². The van der Waals surface area contributed by atoms with E-state index in [1.807, 2.05) is 12.1 Å². The number of hydrogen-bond acceptors (Lipinski definition) is 3. The summed E-state index contributed by atoms with van der Waals surface area (Å²) in [5.74, 6) is 1.39. The Kier molecular flexibility index (Phi) is 5.69. The van der Waals surface area contributed by atoms with Gasteiger partial charge in [0, 0.05) is 19.0 Å². The zero-order valence-corrected chi connectivity index (χ0v) is 14.9. The van der Waals surface area contributed by atoms with Gasteiger partial charge in [-0.05, 0) is 56.4 Å². The zero-order chi connectivity index (χ0) is 17.1. The highest BCUT2D eigenvalue weighted by atomic mass is 16.5. The normalized spacial score (nSPS) is 20.7. The van der Waals surface area contributed by atoms with Gasteiger partial charge in [-0.25, -0.2) is 0 Å². The average molecular weight is 319 g/mol. The average Bonchev–Trinajstić information content (AvgIpc) is 2.96. The molecule has 1 aromatic rings. The lowest BCUT2D eigenvalue weighted by Gasteiger charge is -2.23. The van der Waals surface area contributed by atoms with Crippen LogP contribution in [0.4, 0.5) is 0 Å². The molecule has 0 saturated carbocycles. The van der Waals surface area contributed by atoms with Crippen molar-refractivity contribution < 1.29 is 14.6 Å². The number of aliphatic hydroxyl groups is 1. The van der Waals surface area contributed by atoms with Crippen molar-refractivity contribution in [1.82, 2.24) is 4.90 Å². The number of nitrogens with zero attached hydrogens (tertiary/aromatic N) is 1. The number of rotatable bonds is 5. The summed E-state index contributed by atoms with van der Waals surface area (Å²) in [5.41, 5.74) is 2.49. The summed E-state index contributed by atoms with van der Waals surface area (Å²) in [6, 6.07) is 6.02. The molecular weight excluding hydrogens is 290 g/mol. The van der Waals surface area contributed by atoms with E-state index < -0.39 is 6.10 Å². The van der Waals surface area contributed by atoms with Gasteiger partial charge in [-0.2, -0.15) is 0 Å². The highest BCUT2D eigenvalue weighted by Crippen LogP contribution is 2.25. The van der Waals surface area contributed by atoms with Crippen LogP contribution >= 0.6 is 0 Å². The van der Waals surface area contributed by atoms with Crippen LogP contribution in [0.5, 0.6) is 5.75 Å². The first-order valence-electron chi connectivity index (χ1n) is 8.53. The lowest BCUT2D eigenvalue weighted by atomic mass is 9.98. The van der Waals surface area contributed by atoms with Gasteiger partial charge >= 0.3 is 0 Å². The van der Waals surface area contributed by atoms with Crippen LogP contribution in [-0.4, -0.2) is 41.2 Å². The van der Waals surface area contributed by atoms with Gasteiger partial charge in [0.1, 0.15) is 5.75 Å². The summed E-state index contributed by atoms with van der Waals surface area (Å²) in [5, 5.41) is 9.66. The van der Waals surface area contributed by atoms with Gasteiger partial charge in [0.25, 0.3) is 5.91 Å². The predicted molar refractivity (Wildman–Crippen MR) is 91.7 cm³/mol. The minimum absolute atomic E-state index is 0.00117. The molecule has 0 aliphatic carbocycles. The number of ether oxygens (including phenoxy) is 1. The quantitative estimate of drug-likeness (QED) is 0.907. The van der Waals surface area contributed by atoms with Crippen molar-refractivity contribution in [3.8, 4) is 5.75 Å². The molecule has 3 atom stereocenters. The minimum Gasteiger partial charge on any atom is -0.481 e. The Morgan fingerprint density at radius 3 is 2.52 bits per heavy atom. The van der Waals surface area contributed by atoms with Crippen molar-refractivity contribution in [3.63, 3.8) is 0 Å². The molecule has 0 bridgehead atoms. The zero-order valence-electron chi connectivity index (χ0n) is 14.9. The van der Waals surface area contributed by atoms with E-state index in [0.29, 0.717) is 19.0 Å². The lowest BCUT2D eigenvalue weighted by Crippen LogP contribution is -2.39. The van der Waals surface area contributed by atoms with Gasteiger partial charge < -0.3 is 14.7 Å². The first-order chi connectivity index (χ1) is 10.8. The summed E-state index contributed by atoms with van der Waals surface area (Å²) < 4.78 is 5.85. The van der Waals surface area contributed by atoms with E-state index in [2.05, 4.69) is 26.8 Å². The second kappa shape index (κ2) is 7.35. The van der Waals surface area contributed by atoms with Crippen LogP contribution in [0.3, 0.4) is 0 Å². The Balaban J connectivity index is 1.98. The third kappa shape index (κ3) is 4.25. The number of hydrogen-bond donors (Lipinski definition) is 1. The van der Waals surface area contributed by atoms with Gasteiger partial charge in [-0.1, -0.05) is 19.9 Å². The summed E-state index contributed by atoms with van der Waals surface area (Å²) in [6.45, 7) is 11.3. The largest absolute Gasteiger partial charge is 0.481 e. The molecule has 1 fully saturated rings. The van der Waals surface area contributed by atoms with E-state index in [-0.39, 0.29) is 17.9 Å². The maximum absolute atomic E-state index is 12.5. The van der Waals surface area contributed by atoms with Crippen LogP contribution in [0.2, 0.25) is 0 Å². The third-order valence-electron chi connectivity index (χ3n) is 4.74. The number of carbonyl (C=O) groups is 1. The van der Waals surface area contributed by atoms with E-state index in [0.717, 1.165) is 12.2 Å². The van der Waals surface area contributed by atoms with Crippen LogP contribution in [-0.2, 0) is 4.79 Å². The van der Waals surface area contributed by atoms with Crippen LogP contribution in [0.15, 0.2) is 18.2 Å². The summed E-state index contributed by atoms with van der Waals surface area (Å²) in [4.78, 5) is 14.3. The molecule has 23 heavy (non-hydrogen) atoms. The number of carbonyl (C=O) groups excluding carboxylic acids is 1. The predicted octanol–water partition coefficient (Wildman–Crippen LogP) is 3.12. The minimum atomic E-state index is -0.507. The first kappa shape index (κ1) is 17.8. The maximum atomic E-state index is 12.5. The van der Waals surface area contributed by atoms with Crippen molar-refractivity contribution >= 4 is 5.91 Å². The Hall–Kier alpha value is -1.55. The second-order valence-corrected chi connectivity index (χ2v) is 7.01. The topological polar surface area (TPSA) is 49.8 Å². The van der Waals surface area contributed by atoms with E-state index in [1.165, 1.54) is 11.1 Å². The molecule has 0 aromatic heterocycles. The van der Waals surface area contributed by atoms with Crippen LogP contribution in [0, 0.1) is 12.8 Å². The van der Waals surface area contributed by atoms with Crippen molar-refractivity contribution in [3.05, 3.63) is 29.3 Å². The fourth-order valence-electron chi connectivity index (χ4n) is 3.26. The van der Waals surface area contributed by atoms with Gasteiger partial charge in [-0.3, -0.25) is 4.79 Å². The number of aliphatic hydroxyl groups excluding tert-OH is 1.